The van der Waals surface area contributed by atoms with Crippen molar-refractivity contribution in [2.45, 2.75) is 315 Å². The van der Waals surface area contributed by atoms with Gasteiger partial charge in [0.1, 0.15) is 0 Å². The van der Waals surface area contributed by atoms with Gasteiger partial charge in [-0.2, -0.15) is 0 Å². The Hall–Kier alpha value is -2.44. The molecular formula is C63H115NO5. The Morgan fingerprint density at radius 1 is 0.420 bits per heavy atom. The Labute approximate surface area is 428 Å². The van der Waals surface area contributed by atoms with Gasteiger partial charge < -0.3 is 20.3 Å². The van der Waals surface area contributed by atoms with Gasteiger partial charge in [-0.1, -0.05) is 254 Å². The normalized spacial score (nSPS) is 13.0. The highest BCUT2D eigenvalue weighted by atomic mass is 16.5. The molecule has 0 aliphatic carbocycles. The zero-order valence-electron chi connectivity index (χ0n) is 45.8. The van der Waals surface area contributed by atoms with Gasteiger partial charge in [0, 0.05) is 12.8 Å². The number of unbranched alkanes of at least 4 members (excludes halogenated alkanes) is 37. The van der Waals surface area contributed by atoms with Crippen molar-refractivity contribution < 1.29 is 24.5 Å². The summed E-state index contributed by atoms with van der Waals surface area (Å²) in [6.07, 6.45) is 75.3. The standard InChI is InChI=1S/C63H115NO5/c1-3-5-7-9-11-13-15-17-19-21-23-24-27-31-35-39-43-47-51-55-61(66)60(59-65)64-62(67)56-52-48-44-40-36-32-28-26-30-34-38-42-46-50-54-58-69-63(68)57-53-49-45-41-37-33-29-25-22-20-18-16-14-12-10-8-6-4-2/h14,16,20,22,26,30,34,38,51,55,60-61,65-66H,3-13,15,17-19,21,23-25,27-29,31-33,35-37,39-50,52-54,56-59H2,1-2H3,(H,64,67)/b16-14-,22-20-,30-26-,38-34-,55-51+. The number of rotatable bonds is 55. The fraction of sp³-hybridized carbons (Fsp3) is 0.810. The van der Waals surface area contributed by atoms with E-state index in [4.69, 9.17) is 4.74 Å². The summed E-state index contributed by atoms with van der Waals surface area (Å²) in [6.45, 7) is 4.83. The average molecular weight is 967 g/mol. The number of amides is 1. The van der Waals surface area contributed by atoms with Crippen LogP contribution in [0.1, 0.15) is 303 Å². The number of carbonyl (C=O) groups is 2. The minimum absolute atomic E-state index is 0.0306. The van der Waals surface area contributed by atoms with E-state index in [1.807, 2.05) is 6.08 Å². The Morgan fingerprint density at radius 2 is 0.768 bits per heavy atom. The van der Waals surface area contributed by atoms with Crippen LogP contribution in [0, 0.1) is 0 Å². The van der Waals surface area contributed by atoms with E-state index in [0.717, 1.165) is 83.5 Å². The lowest BCUT2D eigenvalue weighted by Gasteiger charge is -2.20. The van der Waals surface area contributed by atoms with Gasteiger partial charge >= 0.3 is 5.97 Å². The average Bonchev–Trinajstić information content (AvgIpc) is 3.35. The lowest BCUT2D eigenvalue weighted by atomic mass is 10.0. The number of carbonyl (C=O) groups excluding carboxylic acids is 2. The van der Waals surface area contributed by atoms with Crippen molar-refractivity contribution in [1.29, 1.82) is 0 Å². The predicted molar refractivity (Wildman–Crippen MR) is 301 cm³/mol. The first-order chi connectivity index (χ1) is 34.0. The van der Waals surface area contributed by atoms with Gasteiger partial charge in [0.25, 0.3) is 0 Å². The molecule has 0 aliphatic rings. The van der Waals surface area contributed by atoms with Crippen molar-refractivity contribution >= 4 is 11.9 Å². The van der Waals surface area contributed by atoms with Crippen LogP contribution in [0.4, 0.5) is 0 Å². The molecule has 6 nitrogen and oxygen atoms in total. The molecular weight excluding hydrogens is 851 g/mol. The summed E-state index contributed by atoms with van der Waals surface area (Å²) in [5, 5.41) is 23.1. The van der Waals surface area contributed by atoms with Gasteiger partial charge in [-0.05, 0) is 96.3 Å². The van der Waals surface area contributed by atoms with Gasteiger partial charge in [-0.25, -0.2) is 0 Å². The third-order valence-electron chi connectivity index (χ3n) is 13.5. The Bertz CT molecular complexity index is 1210. The minimum atomic E-state index is -0.861. The molecule has 0 aromatic carbocycles. The van der Waals surface area contributed by atoms with Crippen molar-refractivity contribution in [2.24, 2.45) is 0 Å². The first-order valence-electron chi connectivity index (χ1n) is 30.1. The molecule has 0 spiro atoms. The molecule has 0 saturated heterocycles. The highest BCUT2D eigenvalue weighted by molar-refractivity contribution is 5.76. The summed E-state index contributed by atoms with van der Waals surface area (Å²) in [6, 6.07) is -0.647. The first kappa shape index (κ1) is 66.6. The van der Waals surface area contributed by atoms with E-state index < -0.39 is 12.1 Å². The summed E-state index contributed by atoms with van der Waals surface area (Å²) in [5.41, 5.74) is 0. The number of hydrogen-bond donors (Lipinski definition) is 3. The molecule has 69 heavy (non-hydrogen) atoms. The number of allylic oxidation sites excluding steroid dienone is 9. The Balaban J connectivity index is 3.55. The fourth-order valence-electron chi connectivity index (χ4n) is 8.89. The van der Waals surface area contributed by atoms with Crippen molar-refractivity contribution in [1.82, 2.24) is 5.32 Å². The maximum Gasteiger partial charge on any atom is 0.305 e. The molecule has 2 unspecified atom stereocenters. The first-order valence-corrected chi connectivity index (χ1v) is 30.1. The largest absolute Gasteiger partial charge is 0.466 e. The fourth-order valence-corrected chi connectivity index (χ4v) is 8.89. The maximum absolute atomic E-state index is 12.5. The van der Waals surface area contributed by atoms with Gasteiger partial charge in [-0.15, -0.1) is 0 Å². The number of ether oxygens (including phenoxy) is 1. The van der Waals surface area contributed by atoms with E-state index in [2.05, 4.69) is 67.8 Å². The van der Waals surface area contributed by atoms with Crippen LogP contribution in [-0.4, -0.2) is 47.4 Å². The Kier molecular flexibility index (Phi) is 56.1. The SMILES string of the molecule is CCCCCC/C=C\C/C=C\CCCCCCCCCC(=O)OCCCCC/C=C\C=C/CCCCCCCCC(=O)NC(CO)C(O)/C=C/CCCCCCCCCCCCCCCCCCC. The number of nitrogens with one attached hydrogen (secondary N) is 1. The second-order valence-electron chi connectivity index (χ2n) is 20.3. The van der Waals surface area contributed by atoms with Crippen LogP contribution in [-0.2, 0) is 14.3 Å². The monoisotopic (exact) mass is 966 g/mol. The van der Waals surface area contributed by atoms with Crippen LogP contribution in [0.15, 0.2) is 60.8 Å². The molecule has 0 aliphatic heterocycles. The maximum atomic E-state index is 12.5. The van der Waals surface area contributed by atoms with Crippen molar-refractivity contribution in [2.75, 3.05) is 13.2 Å². The molecule has 0 radical (unpaired) electrons. The van der Waals surface area contributed by atoms with E-state index in [-0.39, 0.29) is 18.5 Å². The van der Waals surface area contributed by atoms with E-state index in [0.29, 0.717) is 19.4 Å². The van der Waals surface area contributed by atoms with Gasteiger partial charge in [0.05, 0.1) is 25.4 Å². The molecule has 0 rings (SSSR count). The molecule has 0 heterocycles. The summed E-state index contributed by atoms with van der Waals surface area (Å²) in [7, 11) is 0. The zero-order chi connectivity index (χ0) is 50.0. The topological polar surface area (TPSA) is 95.9 Å². The number of esters is 1. The second-order valence-corrected chi connectivity index (χ2v) is 20.3. The van der Waals surface area contributed by atoms with Crippen LogP contribution in [0.2, 0.25) is 0 Å². The Morgan fingerprint density at radius 3 is 1.20 bits per heavy atom. The molecule has 1 amide bonds. The lowest BCUT2D eigenvalue weighted by molar-refractivity contribution is -0.143. The van der Waals surface area contributed by atoms with Gasteiger partial charge in [0.2, 0.25) is 5.91 Å². The highest BCUT2D eigenvalue weighted by Crippen LogP contribution is 2.16. The number of aliphatic hydroxyl groups is 2. The predicted octanol–water partition coefficient (Wildman–Crippen LogP) is 18.7. The van der Waals surface area contributed by atoms with Crippen molar-refractivity contribution in [3.05, 3.63) is 60.8 Å². The van der Waals surface area contributed by atoms with Crippen LogP contribution in [0.3, 0.4) is 0 Å². The van der Waals surface area contributed by atoms with Gasteiger partial charge in [0.15, 0.2) is 0 Å². The van der Waals surface area contributed by atoms with E-state index in [1.165, 1.54) is 193 Å². The summed E-state index contributed by atoms with van der Waals surface area (Å²) in [5.74, 6) is -0.121. The third-order valence-corrected chi connectivity index (χ3v) is 13.5. The molecule has 0 fully saturated rings. The second kappa shape index (κ2) is 58.1. The number of aliphatic hydroxyl groups excluding tert-OH is 2. The summed E-state index contributed by atoms with van der Waals surface area (Å²) >= 11 is 0. The molecule has 0 aromatic heterocycles. The van der Waals surface area contributed by atoms with Crippen LogP contribution >= 0.6 is 0 Å². The van der Waals surface area contributed by atoms with Crippen LogP contribution in [0.25, 0.3) is 0 Å². The van der Waals surface area contributed by atoms with Crippen LogP contribution in [0.5, 0.6) is 0 Å². The molecule has 3 N–H and O–H groups in total. The molecule has 0 aromatic rings. The molecule has 402 valence electrons. The van der Waals surface area contributed by atoms with Gasteiger partial charge in [-0.3, -0.25) is 9.59 Å². The zero-order valence-corrected chi connectivity index (χ0v) is 45.8. The summed E-state index contributed by atoms with van der Waals surface area (Å²) in [4.78, 5) is 24.5. The van der Waals surface area contributed by atoms with Crippen LogP contribution < -0.4 is 5.32 Å². The lowest BCUT2D eigenvalue weighted by Crippen LogP contribution is -2.45. The highest BCUT2D eigenvalue weighted by Gasteiger charge is 2.18. The molecule has 0 saturated carbocycles. The quantitative estimate of drug-likeness (QED) is 0.0244. The van der Waals surface area contributed by atoms with E-state index in [1.54, 1.807) is 6.08 Å². The molecule has 6 heteroatoms. The van der Waals surface area contributed by atoms with Crippen molar-refractivity contribution in [3.63, 3.8) is 0 Å². The van der Waals surface area contributed by atoms with Crippen molar-refractivity contribution in [3.8, 4) is 0 Å². The smallest absolute Gasteiger partial charge is 0.305 e. The molecule has 2 atom stereocenters. The number of hydrogen-bond acceptors (Lipinski definition) is 5. The molecule has 0 bridgehead atoms. The third kappa shape index (κ3) is 54.7. The summed E-state index contributed by atoms with van der Waals surface area (Å²) < 4.78 is 5.46. The van der Waals surface area contributed by atoms with E-state index >= 15 is 0 Å². The van der Waals surface area contributed by atoms with E-state index in [9.17, 15) is 19.8 Å². The minimum Gasteiger partial charge on any atom is -0.466 e.